The van der Waals surface area contributed by atoms with E-state index in [4.69, 9.17) is 15.3 Å². The molecular weight excluding hydrogens is 258 g/mol. The lowest BCUT2D eigenvalue weighted by Gasteiger charge is -2.18. The van der Waals surface area contributed by atoms with Gasteiger partial charge in [0.1, 0.15) is 18.2 Å². The molecule has 1 atom stereocenters. The molecule has 0 spiro atoms. The molecule has 4 N–H and O–H groups in total. The number of nitrogen functional groups attached to an aromatic ring is 1. The number of methoxy groups -OCH3 is 1. The van der Waals surface area contributed by atoms with Crippen LogP contribution < -0.4 is 16.6 Å². The number of anilines is 2. The highest BCUT2D eigenvalue weighted by Crippen LogP contribution is 2.14. The summed E-state index contributed by atoms with van der Waals surface area (Å²) in [6, 6.07) is 1.98. The Bertz CT molecular complexity index is 383. The second-order valence-corrected chi connectivity index (χ2v) is 4.42. The van der Waals surface area contributed by atoms with Gasteiger partial charge >= 0.3 is 0 Å². The molecule has 1 aromatic heterocycles. The van der Waals surface area contributed by atoms with Gasteiger partial charge < -0.3 is 20.2 Å². The van der Waals surface area contributed by atoms with Crippen molar-refractivity contribution in [2.75, 3.05) is 31.1 Å². The molecule has 0 saturated carbocycles. The number of aromatic nitrogens is 2. The van der Waals surface area contributed by atoms with Gasteiger partial charge in [0.2, 0.25) is 0 Å². The second kappa shape index (κ2) is 9.46. The molecule has 0 aliphatic rings. The quantitative estimate of drug-likeness (QED) is 0.443. The molecule has 0 amide bonds. The first kappa shape index (κ1) is 16.6. The van der Waals surface area contributed by atoms with Crippen LogP contribution in [0, 0.1) is 0 Å². The topological polar surface area (TPSA) is 94.3 Å². The summed E-state index contributed by atoms with van der Waals surface area (Å²) in [6.45, 7) is 5.68. The third kappa shape index (κ3) is 5.68. The summed E-state index contributed by atoms with van der Waals surface area (Å²) < 4.78 is 10.5. The normalized spacial score (nSPS) is 12.2. The first-order valence-electron chi connectivity index (χ1n) is 6.91. The van der Waals surface area contributed by atoms with Crippen LogP contribution in [0.5, 0.6) is 0 Å². The highest BCUT2D eigenvalue weighted by atomic mass is 16.5. The van der Waals surface area contributed by atoms with Crippen molar-refractivity contribution in [1.29, 1.82) is 0 Å². The molecular formula is C13H25N5O2. The van der Waals surface area contributed by atoms with E-state index < -0.39 is 0 Å². The number of nitrogens with one attached hydrogen (secondary N) is 2. The zero-order valence-corrected chi connectivity index (χ0v) is 12.5. The van der Waals surface area contributed by atoms with Crippen LogP contribution in [0.25, 0.3) is 0 Å². The third-order valence-corrected chi connectivity index (χ3v) is 2.71. The Morgan fingerprint density at radius 3 is 2.65 bits per heavy atom. The Morgan fingerprint density at radius 2 is 2.05 bits per heavy atom. The largest absolute Gasteiger partial charge is 0.383 e. The van der Waals surface area contributed by atoms with Crippen LogP contribution in [0.3, 0.4) is 0 Å². The summed E-state index contributed by atoms with van der Waals surface area (Å²) in [5.41, 5.74) is 2.54. The fourth-order valence-electron chi connectivity index (χ4n) is 1.86. The SMILES string of the molecule is CCCC(COC)Nc1cc(NN)nc(COCC)n1. The van der Waals surface area contributed by atoms with E-state index in [0.29, 0.717) is 31.5 Å². The number of nitrogens with two attached hydrogens (primary N) is 1. The number of nitrogens with zero attached hydrogens (tertiary/aromatic N) is 2. The zero-order valence-electron chi connectivity index (χ0n) is 12.5. The molecule has 0 bridgehead atoms. The van der Waals surface area contributed by atoms with Gasteiger partial charge in [0.05, 0.1) is 12.6 Å². The van der Waals surface area contributed by atoms with Crippen LogP contribution in [-0.2, 0) is 16.1 Å². The number of rotatable bonds is 10. The molecule has 1 rings (SSSR count). The van der Waals surface area contributed by atoms with Crippen molar-refractivity contribution in [3.05, 3.63) is 11.9 Å². The van der Waals surface area contributed by atoms with Crippen LogP contribution in [0.1, 0.15) is 32.5 Å². The van der Waals surface area contributed by atoms with Gasteiger partial charge in [-0.15, -0.1) is 0 Å². The summed E-state index contributed by atoms with van der Waals surface area (Å²) >= 11 is 0. The average Bonchev–Trinajstić information content (AvgIpc) is 2.45. The fraction of sp³-hybridized carbons (Fsp3) is 0.692. The molecule has 0 aliphatic carbocycles. The van der Waals surface area contributed by atoms with Gasteiger partial charge in [-0.25, -0.2) is 15.8 Å². The van der Waals surface area contributed by atoms with Crippen LogP contribution in [0.4, 0.5) is 11.6 Å². The molecule has 1 heterocycles. The molecule has 7 heteroatoms. The second-order valence-electron chi connectivity index (χ2n) is 4.42. The van der Waals surface area contributed by atoms with E-state index in [-0.39, 0.29) is 6.04 Å². The molecule has 20 heavy (non-hydrogen) atoms. The smallest absolute Gasteiger partial charge is 0.158 e. The molecule has 0 saturated heterocycles. The van der Waals surface area contributed by atoms with Crippen LogP contribution in [0.2, 0.25) is 0 Å². The molecule has 1 unspecified atom stereocenters. The van der Waals surface area contributed by atoms with Crippen LogP contribution in [-0.4, -0.2) is 36.3 Å². The lowest BCUT2D eigenvalue weighted by molar-refractivity contribution is 0.128. The lowest BCUT2D eigenvalue weighted by atomic mass is 10.2. The van der Waals surface area contributed by atoms with E-state index in [2.05, 4.69) is 27.6 Å². The van der Waals surface area contributed by atoms with E-state index in [0.717, 1.165) is 18.7 Å². The Hall–Kier alpha value is -1.44. The van der Waals surface area contributed by atoms with Gasteiger partial charge in [-0.1, -0.05) is 13.3 Å². The number of hydrogen-bond donors (Lipinski definition) is 3. The maximum Gasteiger partial charge on any atom is 0.158 e. The standard InChI is InChI=1S/C13H25N5O2/c1-4-6-10(8-19-3)15-11-7-12(18-14)17-13(16-11)9-20-5-2/h7,10H,4-6,8-9,14H2,1-3H3,(H2,15,16,17,18). The average molecular weight is 283 g/mol. The van der Waals surface area contributed by atoms with E-state index >= 15 is 0 Å². The molecule has 0 fully saturated rings. The molecule has 1 aromatic rings. The predicted molar refractivity (Wildman–Crippen MR) is 79.4 cm³/mol. The predicted octanol–water partition coefficient (Wildman–Crippen LogP) is 1.53. The van der Waals surface area contributed by atoms with Crippen LogP contribution >= 0.6 is 0 Å². The highest BCUT2D eigenvalue weighted by molar-refractivity contribution is 5.47. The minimum Gasteiger partial charge on any atom is -0.383 e. The van der Waals surface area contributed by atoms with E-state index in [1.54, 1.807) is 13.2 Å². The lowest BCUT2D eigenvalue weighted by Crippen LogP contribution is -2.26. The van der Waals surface area contributed by atoms with Crippen molar-refractivity contribution >= 4 is 11.6 Å². The summed E-state index contributed by atoms with van der Waals surface area (Å²) in [5.74, 6) is 7.31. The number of ether oxygens (including phenoxy) is 2. The number of hydrogen-bond acceptors (Lipinski definition) is 7. The Kier molecular flexibility index (Phi) is 7.86. The maximum absolute atomic E-state index is 5.43. The molecule has 0 aromatic carbocycles. The van der Waals surface area contributed by atoms with Gasteiger partial charge in [-0.2, -0.15) is 0 Å². The van der Waals surface area contributed by atoms with Crippen molar-refractivity contribution in [2.24, 2.45) is 5.84 Å². The van der Waals surface area contributed by atoms with Crippen molar-refractivity contribution in [1.82, 2.24) is 9.97 Å². The number of hydrazine groups is 1. The van der Waals surface area contributed by atoms with Gasteiger partial charge in [-0.05, 0) is 13.3 Å². The summed E-state index contributed by atoms with van der Waals surface area (Å²) in [5, 5.41) is 3.35. The van der Waals surface area contributed by atoms with Crippen molar-refractivity contribution in [2.45, 2.75) is 39.3 Å². The van der Waals surface area contributed by atoms with Gasteiger partial charge in [-0.3, -0.25) is 0 Å². The minimum atomic E-state index is 0.213. The third-order valence-electron chi connectivity index (χ3n) is 2.71. The Labute approximate surface area is 120 Å². The van der Waals surface area contributed by atoms with Gasteiger partial charge in [0.15, 0.2) is 5.82 Å². The first-order valence-corrected chi connectivity index (χ1v) is 6.91. The highest BCUT2D eigenvalue weighted by Gasteiger charge is 2.10. The van der Waals surface area contributed by atoms with Gasteiger partial charge in [0, 0.05) is 19.8 Å². The van der Waals surface area contributed by atoms with E-state index in [1.807, 2.05) is 6.92 Å². The molecule has 0 radical (unpaired) electrons. The van der Waals surface area contributed by atoms with Gasteiger partial charge in [0.25, 0.3) is 0 Å². The Balaban J connectivity index is 2.80. The zero-order chi connectivity index (χ0) is 14.8. The van der Waals surface area contributed by atoms with E-state index in [1.165, 1.54) is 0 Å². The molecule has 7 nitrogen and oxygen atoms in total. The minimum absolute atomic E-state index is 0.213. The summed E-state index contributed by atoms with van der Waals surface area (Å²) in [6.07, 6.45) is 2.07. The first-order chi connectivity index (χ1) is 9.73. The monoisotopic (exact) mass is 283 g/mol. The Morgan fingerprint density at radius 1 is 1.30 bits per heavy atom. The van der Waals surface area contributed by atoms with Crippen molar-refractivity contribution in [3.8, 4) is 0 Å². The van der Waals surface area contributed by atoms with Crippen molar-refractivity contribution in [3.63, 3.8) is 0 Å². The fourth-order valence-corrected chi connectivity index (χ4v) is 1.86. The molecule has 114 valence electrons. The maximum atomic E-state index is 5.43. The summed E-state index contributed by atoms with van der Waals surface area (Å²) in [7, 11) is 1.69. The van der Waals surface area contributed by atoms with Crippen LogP contribution in [0.15, 0.2) is 6.07 Å². The summed E-state index contributed by atoms with van der Waals surface area (Å²) in [4.78, 5) is 8.67. The van der Waals surface area contributed by atoms with Crippen molar-refractivity contribution < 1.29 is 9.47 Å². The van der Waals surface area contributed by atoms with E-state index in [9.17, 15) is 0 Å². The molecule has 0 aliphatic heterocycles.